The van der Waals surface area contributed by atoms with Crippen LogP contribution in [0.4, 0.5) is 0 Å². The zero-order valence-corrected chi connectivity index (χ0v) is 10.6. The summed E-state index contributed by atoms with van der Waals surface area (Å²) in [5.41, 5.74) is 1.06. The molecule has 98 valence electrons. The summed E-state index contributed by atoms with van der Waals surface area (Å²) in [6.45, 7) is 2.51. The van der Waals surface area contributed by atoms with Crippen molar-refractivity contribution >= 4 is 5.97 Å². The summed E-state index contributed by atoms with van der Waals surface area (Å²) in [7, 11) is 0. The molecule has 0 saturated carbocycles. The summed E-state index contributed by atoms with van der Waals surface area (Å²) in [4.78, 5) is 19.7. The molecule has 0 atom stereocenters. The van der Waals surface area contributed by atoms with Crippen molar-refractivity contribution in [2.45, 2.75) is 13.5 Å². The highest BCUT2D eigenvalue weighted by Crippen LogP contribution is 2.08. The van der Waals surface area contributed by atoms with Gasteiger partial charge in [0.1, 0.15) is 6.61 Å². The van der Waals surface area contributed by atoms with Gasteiger partial charge >= 0.3 is 5.97 Å². The highest BCUT2D eigenvalue weighted by atomic mass is 16.5. The molecule has 2 aromatic rings. The van der Waals surface area contributed by atoms with Crippen molar-refractivity contribution in [3.63, 3.8) is 0 Å². The molecular weight excluding hydrogens is 244 g/mol. The number of esters is 1. The fourth-order valence-corrected chi connectivity index (χ4v) is 1.46. The molecule has 0 amide bonds. The molecule has 5 nitrogen and oxygen atoms in total. The van der Waals surface area contributed by atoms with Crippen LogP contribution in [0.5, 0.6) is 5.88 Å². The van der Waals surface area contributed by atoms with Gasteiger partial charge in [-0.15, -0.1) is 0 Å². The maximum atomic E-state index is 11.8. The van der Waals surface area contributed by atoms with E-state index in [0.29, 0.717) is 12.5 Å². The monoisotopic (exact) mass is 258 g/mol. The van der Waals surface area contributed by atoms with E-state index in [2.05, 4.69) is 9.97 Å². The van der Waals surface area contributed by atoms with E-state index < -0.39 is 5.97 Å². The summed E-state index contributed by atoms with van der Waals surface area (Å²) in [6.07, 6.45) is 2.81. The lowest BCUT2D eigenvalue weighted by atomic mass is 10.2. The Hall–Kier alpha value is -2.43. The molecular formula is C14H14N2O3. The lowest BCUT2D eigenvalue weighted by Gasteiger charge is -2.05. The summed E-state index contributed by atoms with van der Waals surface area (Å²) in [5.74, 6) is -0.199. The number of benzene rings is 1. The van der Waals surface area contributed by atoms with Crippen LogP contribution >= 0.6 is 0 Å². The summed E-state index contributed by atoms with van der Waals surface area (Å²) < 4.78 is 10.3. The normalized spacial score (nSPS) is 9.95. The van der Waals surface area contributed by atoms with E-state index >= 15 is 0 Å². The first-order valence-electron chi connectivity index (χ1n) is 5.95. The van der Waals surface area contributed by atoms with Crippen LogP contribution in [0.25, 0.3) is 0 Å². The smallest absolute Gasteiger partial charge is 0.359 e. The molecule has 19 heavy (non-hydrogen) atoms. The molecule has 0 fully saturated rings. The van der Waals surface area contributed by atoms with Crippen molar-refractivity contribution < 1.29 is 14.3 Å². The van der Waals surface area contributed by atoms with Crippen LogP contribution in [-0.2, 0) is 11.3 Å². The molecule has 1 aromatic carbocycles. The minimum atomic E-state index is -0.516. The predicted molar refractivity (Wildman–Crippen MR) is 68.8 cm³/mol. The number of nitrogens with zero attached hydrogens (tertiary/aromatic N) is 2. The van der Waals surface area contributed by atoms with E-state index in [4.69, 9.17) is 9.47 Å². The second kappa shape index (κ2) is 6.49. The fourth-order valence-electron chi connectivity index (χ4n) is 1.46. The lowest BCUT2D eigenvalue weighted by Crippen LogP contribution is -2.09. The molecule has 0 saturated heterocycles. The zero-order valence-electron chi connectivity index (χ0n) is 10.6. The Balaban J connectivity index is 1.98. The fraction of sp³-hybridized carbons (Fsp3) is 0.214. The molecule has 0 aliphatic carbocycles. The van der Waals surface area contributed by atoms with Gasteiger partial charge in [0.15, 0.2) is 5.69 Å². The summed E-state index contributed by atoms with van der Waals surface area (Å²) in [5, 5.41) is 0. The van der Waals surface area contributed by atoms with Crippen LogP contribution in [0.2, 0.25) is 0 Å². The largest absolute Gasteiger partial charge is 0.477 e. The Bertz CT molecular complexity index is 543. The number of aromatic nitrogens is 2. The zero-order chi connectivity index (χ0) is 13.5. The third-order valence-corrected chi connectivity index (χ3v) is 2.33. The SMILES string of the molecule is CCOc1cncc(C(=O)OCc2ccccc2)n1. The standard InChI is InChI=1S/C14H14N2O3/c1-2-18-13-9-15-8-12(16-13)14(17)19-10-11-6-4-3-5-7-11/h3-9H,2,10H2,1H3. The second-order valence-electron chi connectivity index (χ2n) is 3.74. The molecule has 0 unspecified atom stereocenters. The number of rotatable bonds is 5. The third kappa shape index (κ3) is 3.77. The van der Waals surface area contributed by atoms with Gasteiger partial charge in [-0.1, -0.05) is 30.3 Å². The molecule has 1 heterocycles. The van der Waals surface area contributed by atoms with E-state index in [0.717, 1.165) is 5.56 Å². The van der Waals surface area contributed by atoms with Gasteiger partial charge in [0, 0.05) is 0 Å². The third-order valence-electron chi connectivity index (χ3n) is 2.33. The van der Waals surface area contributed by atoms with Crippen LogP contribution < -0.4 is 4.74 Å². The minimum Gasteiger partial charge on any atom is -0.477 e. The van der Waals surface area contributed by atoms with Gasteiger partial charge in [-0.3, -0.25) is 4.98 Å². The summed E-state index contributed by atoms with van der Waals surface area (Å²) >= 11 is 0. The van der Waals surface area contributed by atoms with Gasteiger partial charge in [0.2, 0.25) is 5.88 Å². The molecule has 2 rings (SSSR count). The van der Waals surface area contributed by atoms with Crippen molar-refractivity contribution in [3.05, 3.63) is 54.0 Å². The van der Waals surface area contributed by atoms with Gasteiger partial charge < -0.3 is 9.47 Å². The van der Waals surface area contributed by atoms with Crippen molar-refractivity contribution in [3.8, 4) is 5.88 Å². The molecule has 0 aliphatic heterocycles. The average molecular weight is 258 g/mol. The van der Waals surface area contributed by atoms with E-state index in [9.17, 15) is 4.79 Å². The molecule has 5 heteroatoms. The van der Waals surface area contributed by atoms with E-state index in [1.54, 1.807) is 0 Å². The second-order valence-corrected chi connectivity index (χ2v) is 3.74. The van der Waals surface area contributed by atoms with E-state index in [-0.39, 0.29) is 12.3 Å². The van der Waals surface area contributed by atoms with Gasteiger partial charge in [0.05, 0.1) is 19.0 Å². The van der Waals surface area contributed by atoms with Gasteiger partial charge in [-0.05, 0) is 12.5 Å². The number of ether oxygens (including phenoxy) is 2. The minimum absolute atomic E-state index is 0.141. The highest BCUT2D eigenvalue weighted by molar-refractivity contribution is 5.86. The quantitative estimate of drug-likeness (QED) is 0.770. The van der Waals surface area contributed by atoms with Crippen molar-refractivity contribution in [2.24, 2.45) is 0 Å². The van der Waals surface area contributed by atoms with Crippen LogP contribution in [0.1, 0.15) is 23.0 Å². The molecule has 0 bridgehead atoms. The van der Waals surface area contributed by atoms with Gasteiger partial charge in [-0.25, -0.2) is 9.78 Å². The molecule has 0 radical (unpaired) electrons. The van der Waals surface area contributed by atoms with Crippen LogP contribution in [0.3, 0.4) is 0 Å². The Morgan fingerprint density at radius 2 is 2.00 bits per heavy atom. The van der Waals surface area contributed by atoms with Gasteiger partial charge in [0.25, 0.3) is 0 Å². The molecule has 1 aromatic heterocycles. The Morgan fingerprint density at radius 1 is 1.21 bits per heavy atom. The van der Waals surface area contributed by atoms with Crippen molar-refractivity contribution in [2.75, 3.05) is 6.61 Å². The highest BCUT2D eigenvalue weighted by Gasteiger charge is 2.11. The molecule has 0 N–H and O–H groups in total. The molecule has 0 spiro atoms. The van der Waals surface area contributed by atoms with Crippen LogP contribution in [-0.4, -0.2) is 22.5 Å². The number of carbonyl (C=O) groups excluding carboxylic acids is 1. The maximum absolute atomic E-state index is 11.8. The van der Waals surface area contributed by atoms with Crippen LogP contribution in [0, 0.1) is 0 Å². The number of hydrogen-bond acceptors (Lipinski definition) is 5. The van der Waals surface area contributed by atoms with Crippen molar-refractivity contribution in [1.29, 1.82) is 0 Å². The molecule has 0 aliphatic rings. The lowest BCUT2D eigenvalue weighted by molar-refractivity contribution is 0.0464. The first kappa shape index (κ1) is 13.0. The van der Waals surface area contributed by atoms with Crippen molar-refractivity contribution in [1.82, 2.24) is 9.97 Å². The first-order chi connectivity index (χ1) is 9.29. The van der Waals surface area contributed by atoms with E-state index in [1.165, 1.54) is 12.4 Å². The maximum Gasteiger partial charge on any atom is 0.359 e. The Kier molecular flexibility index (Phi) is 4.44. The van der Waals surface area contributed by atoms with Crippen LogP contribution in [0.15, 0.2) is 42.7 Å². The number of carbonyl (C=O) groups is 1. The summed E-state index contributed by atoms with van der Waals surface area (Å²) in [6, 6.07) is 9.45. The first-order valence-corrected chi connectivity index (χ1v) is 5.95. The van der Waals surface area contributed by atoms with E-state index in [1.807, 2.05) is 37.3 Å². The topological polar surface area (TPSA) is 61.3 Å². The average Bonchev–Trinajstić information content (AvgIpc) is 2.46. The predicted octanol–water partition coefficient (Wildman–Crippen LogP) is 2.23. The Morgan fingerprint density at radius 3 is 2.74 bits per heavy atom. The number of hydrogen-bond donors (Lipinski definition) is 0. The van der Waals surface area contributed by atoms with Gasteiger partial charge in [-0.2, -0.15) is 0 Å². The Labute approximate surface area is 111 Å².